The van der Waals surface area contributed by atoms with Gasteiger partial charge in [-0.1, -0.05) is 23.2 Å². The van der Waals surface area contributed by atoms with Crippen molar-refractivity contribution in [2.75, 3.05) is 6.54 Å². The molecule has 0 aromatic heterocycles. The van der Waals surface area contributed by atoms with E-state index in [4.69, 9.17) is 51.7 Å². The summed E-state index contributed by atoms with van der Waals surface area (Å²) in [5, 5.41) is 8.70. The zero-order valence-electron chi connectivity index (χ0n) is 9.24. The minimum Gasteiger partial charge on any atom is -0.211 e. The molecule has 1 rings (SSSR count). The lowest BCUT2D eigenvalue weighted by atomic mass is 10.5. The predicted molar refractivity (Wildman–Crippen MR) is 76.4 cm³/mol. The van der Waals surface area contributed by atoms with Crippen LogP contribution in [0.4, 0.5) is 0 Å². The third-order valence-electron chi connectivity index (χ3n) is 2.52. The molecule has 0 aromatic carbocycles. The topological polar surface area (TPSA) is 61.2 Å². The normalized spacial score (nSPS) is 19.0. The molecule has 0 spiro atoms. The number of nitrogens with zero attached hydrogens (tertiary/aromatic N) is 2. The van der Waals surface area contributed by atoms with Crippen LogP contribution in [0.2, 0.25) is 0 Å². The fourth-order valence-electron chi connectivity index (χ4n) is 1.08. The zero-order chi connectivity index (χ0) is 14.2. The van der Waals surface area contributed by atoms with Gasteiger partial charge >= 0.3 is 0 Å². The average molecular weight is 372 g/mol. The second kappa shape index (κ2) is 5.72. The Labute approximate surface area is 131 Å². The fourth-order valence-corrected chi connectivity index (χ4v) is 5.16. The number of halogens is 4. The van der Waals surface area contributed by atoms with Crippen LogP contribution in [-0.4, -0.2) is 31.9 Å². The first-order valence-electron chi connectivity index (χ1n) is 4.81. The van der Waals surface area contributed by atoms with Crippen LogP contribution in [0.3, 0.4) is 0 Å². The van der Waals surface area contributed by atoms with Gasteiger partial charge in [0.25, 0.3) is 0 Å². The molecule has 1 aliphatic rings. The molecular formula is C8H10Cl4N2O2S2. The van der Waals surface area contributed by atoms with E-state index < -0.39 is 23.3 Å². The van der Waals surface area contributed by atoms with Crippen LogP contribution in [0, 0.1) is 11.3 Å². The SMILES string of the molecule is CC1(S(=O)(=O)N(CC#N)SC(Cl)(Cl)C(Cl)Cl)CC1. The van der Waals surface area contributed by atoms with E-state index in [1.54, 1.807) is 13.0 Å². The van der Waals surface area contributed by atoms with Gasteiger partial charge in [0.1, 0.15) is 6.54 Å². The van der Waals surface area contributed by atoms with Gasteiger partial charge in [0.2, 0.25) is 13.7 Å². The van der Waals surface area contributed by atoms with Crippen LogP contribution in [-0.2, 0) is 10.0 Å². The highest BCUT2D eigenvalue weighted by atomic mass is 35.5. The molecule has 0 aliphatic heterocycles. The highest BCUT2D eigenvalue weighted by Gasteiger charge is 2.54. The van der Waals surface area contributed by atoms with Crippen LogP contribution in [0.25, 0.3) is 0 Å². The Balaban J connectivity index is 2.95. The maximum absolute atomic E-state index is 12.3. The van der Waals surface area contributed by atoms with Gasteiger partial charge in [-0.05, 0) is 31.7 Å². The van der Waals surface area contributed by atoms with Crippen molar-refractivity contribution in [3.8, 4) is 6.07 Å². The molecule has 0 atom stereocenters. The molecule has 104 valence electrons. The van der Waals surface area contributed by atoms with E-state index in [2.05, 4.69) is 0 Å². The molecule has 0 amide bonds. The Bertz CT molecular complexity index is 456. The summed E-state index contributed by atoms with van der Waals surface area (Å²) in [6.45, 7) is 1.24. The molecule has 0 N–H and O–H groups in total. The number of nitriles is 1. The highest BCUT2D eigenvalue weighted by Crippen LogP contribution is 2.50. The van der Waals surface area contributed by atoms with E-state index in [1.807, 2.05) is 0 Å². The molecule has 0 aromatic rings. The van der Waals surface area contributed by atoms with Crippen molar-refractivity contribution in [1.82, 2.24) is 3.71 Å². The maximum atomic E-state index is 12.3. The molecular weight excluding hydrogens is 362 g/mol. The first-order valence-corrected chi connectivity index (χ1v) is 8.65. The third-order valence-corrected chi connectivity index (χ3v) is 8.68. The lowest BCUT2D eigenvalue weighted by Crippen LogP contribution is -2.38. The molecule has 18 heavy (non-hydrogen) atoms. The van der Waals surface area contributed by atoms with Gasteiger partial charge in [-0.25, -0.2) is 8.42 Å². The summed E-state index contributed by atoms with van der Waals surface area (Å²) in [7, 11) is -3.67. The molecule has 0 heterocycles. The molecule has 4 nitrogen and oxygen atoms in total. The number of rotatable bonds is 6. The van der Waals surface area contributed by atoms with Crippen molar-refractivity contribution in [1.29, 1.82) is 5.26 Å². The smallest absolute Gasteiger partial charge is 0.211 e. The van der Waals surface area contributed by atoms with E-state index in [9.17, 15) is 8.42 Å². The Kier molecular flexibility index (Phi) is 5.39. The van der Waals surface area contributed by atoms with Crippen LogP contribution >= 0.6 is 58.4 Å². The van der Waals surface area contributed by atoms with Gasteiger partial charge in [-0.15, -0.1) is 26.9 Å². The third kappa shape index (κ3) is 3.51. The predicted octanol–water partition coefficient (Wildman–Crippen LogP) is 3.28. The summed E-state index contributed by atoms with van der Waals surface area (Å²) in [5.74, 6) is 0. The number of hydrogen-bond acceptors (Lipinski definition) is 4. The van der Waals surface area contributed by atoms with Crippen LogP contribution in [0.15, 0.2) is 0 Å². The van der Waals surface area contributed by atoms with Crippen LogP contribution < -0.4 is 0 Å². The van der Waals surface area contributed by atoms with Crippen molar-refractivity contribution >= 4 is 68.4 Å². The quantitative estimate of drug-likeness (QED) is 0.408. The van der Waals surface area contributed by atoms with Gasteiger partial charge in [-0.3, -0.25) is 0 Å². The fraction of sp³-hybridized carbons (Fsp3) is 0.875. The lowest BCUT2D eigenvalue weighted by Gasteiger charge is -2.28. The molecule has 0 unspecified atom stereocenters. The Morgan fingerprint density at radius 1 is 1.50 bits per heavy atom. The summed E-state index contributed by atoms with van der Waals surface area (Å²) in [5.41, 5.74) is 0. The molecule has 0 bridgehead atoms. The van der Waals surface area contributed by atoms with E-state index in [0.717, 1.165) is 3.71 Å². The maximum Gasteiger partial charge on any atom is 0.229 e. The van der Waals surface area contributed by atoms with Gasteiger partial charge in [0.05, 0.1) is 10.8 Å². The van der Waals surface area contributed by atoms with Gasteiger partial charge in [0, 0.05) is 0 Å². The second-order valence-corrected chi connectivity index (χ2v) is 10.8. The van der Waals surface area contributed by atoms with Gasteiger partial charge in [0.15, 0.2) is 4.84 Å². The standard InChI is InChI=1S/C8H10Cl4N2O2S2/c1-7(2-3-7)18(15,16)14(5-4-13)17-8(11,12)6(9)10/h6H,2-3,5H2,1H3. The van der Waals surface area contributed by atoms with E-state index in [1.165, 1.54) is 0 Å². The molecule has 0 radical (unpaired) electrons. The van der Waals surface area contributed by atoms with Crippen molar-refractivity contribution in [2.24, 2.45) is 0 Å². The minimum absolute atomic E-state index is 0.371. The van der Waals surface area contributed by atoms with Crippen LogP contribution in [0.1, 0.15) is 19.8 Å². The Morgan fingerprint density at radius 3 is 2.33 bits per heavy atom. The van der Waals surface area contributed by atoms with Crippen molar-refractivity contribution < 1.29 is 8.42 Å². The molecule has 0 saturated heterocycles. The Hall–Kier alpha value is 0.910. The Morgan fingerprint density at radius 2 is 2.00 bits per heavy atom. The number of sulfonamides is 1. The highest BCUT2D eigenvalue weighted by molar-refractivity contribution is 8.11. The molecule has 10 heteroatoms. The summed E-state index contributed by atoms with van der Waals surface area (Å²) >= 11 is 23.3. The van der Waals surface area contributed by atoms with E-state index >= 15 is 0 Å². The second-order valence-electron chi connectivity index (χ2n) is 4.03. The van der Waals surface area contributed by atoms with E-state index in [0.29, 0.717) is 24.8 Å². The number of alkyl halides is 4. The minimum atomic E-state index is -3.67. The van der Waals surface area contributed by atoms with Gasteiger partial charge < -0.3 is 0 Å². The van der Waals surface area contributed by atoms with Crippen LogP contribution in [0.5, 0.6) is 0 Å². The lowest BCUT2D eigenvalue weighted by molar-refractivity contribution is 0.540. The summed E-state index contributed by atoms with van der Waals surface area (Å²) < 4.78 is 22.8. The molecule has 1 aliphatic carbocycles. The van der Waals surface area contributed by atoms with Gasteiger partial charge in [-0.2, -0.15) is 5.26 Å². The van der Waals surface area contributed by atoms with E-state index in [-0.39, 0.29) is 6.54 Å². The van der Waals surface area contributed by atoms with Crippen molar-refractivity contribution in [2.45, 2.75) is 33.0 Å². The molecule has 1 fully saturated rings. The average Bonchev–Trinajstić information content (AvgIpc) is 2.97. The van der Waals surface area contributed by atoms with Crippen molar-refractivity contribution in [3.05, 3.63) is 0 Å². The molecule has 1 saturated carbocycles. The largest absolute Gasteiger partial charge is 0.229 e. The summed E-state index contributed by atoms with van der Waals surface area (Å²) in [4.78, 5) is -1.20. The number of hydrogen-bond donors (Lipinski definition) is 0. The first-order chi connectivity index (χ1) is 8.07. The monoisotopic (exact) mass is 370 g/mol. The first kappa shape index (κ1) is 17.0. The zero-order valence-corrected chi connectivity index (χ0v) is 13.9. The summed E-state index contributed by atoms with van der Waals surface area (Å²) in [6, 6.07) is 1.76. The summed E-state index contributed by atoms with van der Waals surface area (Å²) in [6.07, 6.45) is 1.08. The van der Waals surface area contributed by atoms with Crippen molar-refractivity contribution in [3.63, 3.8) is 0 Å².